The Kier molecular flexibility index (Phi) is 6.12. The molecule has 25 heavy (non-hydrogen) atoms. The second kappa shape index (κ2) is 8.09. The maximum absolute atomic E-state index is 12.9. The summed E-state index contributed by atoms with van der Waals surface area (Å²) in [4.78, 5) is 36.0. The predicted octanol–water partition coefficient (Wildman–Crippen LogP) is 3.22. The Labute approximate surface area is 146 Å². The van der Waals surface area contributed by atoms with E-state index in [1.165, 1.54) is 12.1 Å². The Morgan fingerprint density at radius 1 is 1.16 bits per heavy atom. The number of benzene rings is 1. The molecule has 7 nitrogen and oxygen atoms in total. The summed E-state index contributed by atoms with van der Waals surface area (Å²) >= 11 is 0. The van der Waals surface area contributed by atoms with E-state index in [-0.39, 0.29) is 29.5 Å². The van der Waals surface area contributed by atoms with E-state index in [1.807, 2.05) is 13.8 Å². The van der Waals surface area contributed by atoms with Crippen LogP contribution in [0.1, 0.15) is 45.1 Å². The van der Waals surface area contributed by atoms with Crippen LogP contribution in [0.5, 0.6) is 0 Å². The number of carbonyl (C=O) groups is 2. The number of nitro groups is 1. The second-order valence-corrected chi connectivity index (χ2v) is 6.87. The predicted molar refractivity (Wildman–Crippen MR) is 91.9 cm³/mol. The first-order chi connectivity index (χ1) is 11.8. The number of nitro benzene ring substituents is 1. The maximum Gasteiger partial charge on any atom is 0.306 e. The highest BCUT2D eigenvalue weighted by Gasteiger charge is 2.32. The Hall–Kier alpha value is -2.44. The van der Waals surface area contributed by atoms with Crippen molar-refractivity contribution in [3.63, 3.8) is 0 Å². The molecular weight excluding hydrogens is 324 g/mol. The summed E-state index contributed by atoms with van der Waals surface area (Å²) in [5.74, 6) is -1.23. The molecule has 7 heteroatoms. The van der Waals surface area contributed by atoms with Gasteiger partial charge in [-0.25, -0.2) is 0 Å². The number of carbonyl (C=O) groups excluding carboxylic acids is 1. The molecule has 0 unspecified atom stereocenters. The average molecular weight is 348 g/mol. The molecule has 1 aromatic carbocycles. The van der Waals surface area contributed by atoms with Crippen molar-refractivity contribution < 1.29 is 19.6 Å². The van der Waals surface area contributed by atoms with E-state index in [4.69, 9.17) is 5.11 Å². The smallest absolute Gasteiger partial charge is 0.306 e. The molecule has 1 N–H and O–H groups in total. The molecular formula is C18H24N2O5. The molecule has 0 radical (unpaired) electrons. The molecule has 1 amide bonds. The summed E-state index contributed by atoms with van der Waals surface area (Å²) < 4.78 is 0. The standard InChI is InChI=1S/C18H24N2O5/c1-12(2)19(11-13-3-9-16(10-4-13)20(24)25)17(21)14-5-7-15(8-6-14)18(22)23/h3-4,9-10,12,14-15H,5-8,11H2,1-2H3,(H,22,23). The van der Waals surface area contributed by atoms with Gasteiger partial charge < -0.3 is 10.0 Å². The first kappa shape index (κ1) is 18.9. The van der Waals surface area contributed by atoms with E-state index in [0.29, 0.717) is 32.2 Å². The van der Waals surface area contributed by atoms with Gasteiger partial charge in [0.15, 0.2) is 0 Å². The summed E-state index contributed by atoms with van der Waals surface area (Å²) in [6, 6.07) is 6.22. The van der Waals surface area contributed by atoms with Crippen molar-refractivity contribution >= 4 is 17.6 Å². The third kappa shape index (κ3) is 4.78. The van der Waals surface area contributed by atoms with Crippen molar-refractivity contribution in [3.05, 3.63) is 39.9 Å². The van der Waals surface area contributed by atoms with Gasteiger partial charge in [0.2, 0.25) is 5.91 Å². The minimum atomic E-state index is -0.780. The van der Waals surface area contributed by atoms with Crippen LogP contribution in [0.25, 0.3) is 0 Å². The number of non-ortho nitro benzene ring substituents is 1. The van der Waals surface area contributed by atoms with Crippen LogP contribution in [-0.2, 0) is 16.1 Å². The van der Waals surface area contributed by atoms with Crippen LogP contribution in [-0.4, -0.2) is 32.8 Å². The molecule has 0 heterocycles. The van der Waals surface area contributed by atoms with Crippen molar-refractivity contribution in [1.29, 1.82) is 0 Å². The van der Waals surface area contributed by atoms with E-state index in [1.54, 1.807) is 17.0 Å². The van der Waals surface area contributed by atoms with Gasteiger partial charge in [0.25, 0.3) is 5.69 Å². The molecule has 1 fully saturated rings. The largest absolute Gasteiger partial charge is 0.481 e. The van der Waals surface area contributed by atoms with Crippen LogP contribution in [0.15, 0.2) is 24.3 Å². The van der Waals surface area contributed by atoms with E-state index >= 15 is 0 Å². The molecule has 0 spiro atoms. The molecule has 1 aliphatic carbocycles. The third-order valence-corrected chi connectivity index (χ3v) is 4.83. The lowest BCUT2D eigenvalue weighted by molar-refractivity contribution is -0.384. The van der Waals surface area contributed by atoms with Crippen LogP contribution in [0.2, 0.25) is 0 Å². The zero-order chi connectivity index (χ0) is 18.6. The van der Waals surface area contributed by atoms with Crippen LogP contribution in [0.4, 0.5) is 5.69 Å². The topological polar surface area (TPSA) is 101 Å². The third-order valence-electron chi connectivity index (χ3n) is 4.83. The molecule has 0 aromatic heterocycles. The molecule has 136 valence electrons. The minimum absolute atomic E-state index is 0.000103. The van der Waals surface area contributed by atoms with Gasteiger partial charge in [0, 0.05) is 30.6 Å². The van der Waals surface area contributed by atoms with Crippen LogP contribution in [0.3, 0.4) is 0 Å². The number of hydrogen-bond donors (Lipinski definition) is 1. The van der Waals surface area contributed by atoms with Gasteiger partial charge in [-0.1, -0.05) is 12.1 Å². The number of carboxylic acid groups (broad SMARTS) is 1. The molecule has 0 bridgehead atoms. The first-order valence-corrected chi connectivity index (χ1v) is 8.56. The van der Waals surface area contributed by atoms with Crippen LogP contribution >= 0.6 is 0 Å². The lowest BCUT2D eigenvalue weighted by atomic mass is 9.81. The highest BCUT2D eigenvalue weighted by molar-refractivity contribution is 5.79. The van der Waals surface area contributed by atoms with Crippen LogP contribution in [0, 0.1) is 22.0 Å². The van der Waals surface area contributed by atoms with E-state index in [2.05, 4.69) is 0 Å². The Morgan fingerprint density at radius 2 is 1.68 bits per heavy atom. The number of aliphatic carboxylic acids is 1. The van der Waals surface area contributed by atoms with E-state index < -0.39 is 10.9 Å². The Morgan fingerprint density at radius 3 is 2.12 bits per heavy atom. The van der Waals surface area contributed by atoms with Crippen molar-refractivity contribution in [1.82, 2.24) is 4.90 Å². The summed E-state index contributed by atoms with van der Waals surface area (Å²) in [5.41, 5.74) is 0.866. The summed E-state index contributed by atoms with van der Waals surface area (Å²) in [7, 11) is 0. The van der Waals surface area contributed by atoms with Gasteiger partial charge in [-0.15, -0.1) is 0 Å². The molecule has 2 rings (SSSR count). The number of amides is 1. The maximum atomic E-state index is 12.9. The van der Waals surface area contributed by atoms with E-state index in [0.717, 1.165) is 5.56 Å². The fraction of sp³-hybridized carbons (Fsp3) is 0.556. The quantitative estimate of drug-likeness (QED) is 0.628. The van der Waals surface area contributed by atoms with Gasteiger partial charge in [-0.05, 0) is 45.1 Å². The number of rotatable bonds is 6. The van der Waals surface area contributed by atoms with Crippen molar-refractivity contribution in [2.45, 2.75) is 52.1 Å². The highest BCUT2D eigenvalue weighted by atomic mass is 16.6. The number of hydrogen-bond acceptors (Lipinski definition) is 4. The monoisotopic (exact) mass is 348 g/mol. The fourth-order valence-corrected chi connectivity index (χ4v) is 3.26. The first-order valence-electron chi connectivity index (χ1n) is 8.56. The lowest BCUT2D eigenvalue weighted by Crippen LogP contribution is -2.41. The summed E-state index contributed by atoms with van der Waals surface area (Å²) in [5, 5.41) is 19.8. The van der Waals surface area contributed by atoms with Gasteiger partial charge >= 0.3 is 5.97 Å². The van der Waals surface area contributed by atoms with Crippen molar-refractivity contribution in [2.75, 3.05) is 0 Å². The zero-order valence-corrected chi connectivity index (χ0v) is 14.6. The summed E-state index contributed by atoms with van der Waals surface area (Å²) in [6.07, 6.45) is 2.27. The van der Waals surface area contributed by atoms with Crippen LogP contribution < -0.4 is 0 Å². The zero-order valence-electron chi connectivity index (χ0n) is 14.6. The van der Waals surface area contributed by atoms with Gasteiger partial charge in [0.1, 0.15) is 0 Å². The molecule has 0 saturated heterocycles. The summed E-state index contributed by atoms with van der Waals surface area (Å²) in [6.45, 7) is 4.27. The van der Waals surface area contributed by atoms with Gasteiger partial charge in [0.05, 0.1) is 10.8 Å². The fourth-order valence-electron chi connectivity index (χ4n) is 3.26. The lowest BCUT2D eigenvalue weighted by Gasteiger charge is -2.33. The van der Waals surface area contributed by atoms with Crippen molar-refractivity contribution in [2.24, 2.45) is 11.8 Å². The molecule has 1 aromatic rings. The van der Waals surface area contributed by atoms with Gasteiger partial charge in [-0.2, -0.15) is 0 Å². The van der Waals surface area contributed by atoms with E-state index in [9.17, 15) is 19.7 Å². The normalized spacial score (nSPS) is 20.3. The Balaban J connectivity index is 2.03. The SMILES string of the molecule is CC(C)N(Cc1ccc([N+](=O)[O-])cc1)C(=O)C1CCC(C(=O)O)CC1. The van der Waals surface area contributed by atoms with Crippen molar-refractivity contribution in [3.8, 4) is 0 Å². The number of nitrogens with zero attached hydrogens (tertiary/aromatic N) is 2. The Bertz CT molecular complexity index is 633. The highest BCUT2D eigenvalue weighted by Crippen LogP contribution is 2.31. The van der Waals surface area contributed by atoms with Gasteiger partial charge in [-0.3, -0.25) is 19.7 Å². The number of carboxylic acids is 1. The molecule has 1 aliphatic rings. The molecule has 0 atom stereocenters. The second-order valence-electron chi connectivity index (χ2n) is 6.87. The minimum Gasteiger partial charge on any atom is -0.481 e. The average Bonchev–Trinajstić information content (AvgIpc) is 2.59. The molecule has 1 saturated carbocycles. The molecule has 0 aliphatic heterocycles.